The van der Waals surface area contributed by atoms with Crippen molar-refractivity contribution in [2.45, 2.75) is 33.2 Å². The SMILES string of the molecule is CC(C)(C)C(C)(C(=O)O)N1C(=O)C=CC1=O. The van der Waals surface area contributed by atoms with Crippen molar-refractivity contribution in [3.05, 3.63) is 12.2 Å². The van der Waals surface area contributed by atoms with Crippen LogP contribution < -0.4 is 0 Å². The van der Waals surface area contributed by atoms with Crippen molar-refractivity contribution in [3.63, 3.8) is 0 Å². The van der Waals surface area contributed by atoms with Crippen LogP contribution >= 0.6 is 0 Å². The van der Waals surface area contributed by atoms with Crippen LogP contribution in [0.15, 0.2) is 12.2 Å². The van der Waals surface area contributed by atoms with Crippen LogP contribution in [0.2, 0.25) is 0 Å². The molecule has 1 atom stereocenters. The molecule has 1 aliphatic heterocycles. The minimum absolute atomic E-state index is 0.579. The standard InChI is InChI=1S/C11H15NO4/c1-10(2,3)11(4,9(15)16)12-7(13)5-6-8(12)14/h5-6H,1-4H3,(H,15,16). The number of nitrogens with zero attached hydrogens (tertiary/aromatic N) is 1. The van der Waals surface area contributed by atoms with Gasteiger partial charge in [0.2, 0.25) is 0 Å². The lowest BCUT2D eigenvalue weighted by atomic mass is 9.73. The molecule has 0 aromatic heterocycles. The molecule has 0 bridgehead atoms. The summed E-state index contributed by atoms with van der Waals surface area (Å²) < 4.78 is 0. The van der Waals surface area contributed by atoms with Crippen LogP contribution in [-0.2, 0) is 14.4 Å². The van der Waals surface area contributed by atoms with Gasteiger partial charge < -0.3 is 5.11 Å². The lowest BCUT2D eigenvalue weighted by molar-refractivity contribution is -0.168. The van der Waals surface area contributed by atoms with Crippen molar-refractivity contribution in [2.75, 3.05) is 0 Å². The summed E-state index contributed by atoms with van der Waals surface area (Å²) in [6.07, 6.45) is 2.19. The molecule has 0 aliphatic carbocycles. The second-order valence-electron chi connectivity index (χ2n) is 4.97. The van der Waals surface area contributed by atoms with Crippen LogP contribution in [0, 0.1) is 5.41 Å². The number of hydrogen-bond acceptors (Lipinski definition) is 3. The number of carboxylic acid groups (broad SMARTS) is 1. The van der Waals surface area contributed by atoms with Gasteiger partial charge in [-0.25, -0.2) is 4.79 Å². The topological polar surface area (TPSA) is 74.7 Å². The zero-order valence-electron chi connectivity index (χ0n) is 9.77. The number of rotatable bonds is 2. The molecule has 5 nitrogen and oxygen atoms in total. The van der Waals surface area contributed by atoms with Crippen molar-refractivity contribution in [2.24, 2.45) is 5.41 Å². The first-order valence-electron chi connectivity index (χ1n) is 4.92. The van der Waals surface area contributed by atoms with Gasteiger partial charge in [-0.15, -0.1) is 0 Å². The fourth-order valence-corrected chi connectivity index (χ4v) is 1.59. The quantitative estimate of drug-likeness (QED) is 0.705. The molecule has 0 aromatic rings. The molecule has 0 aromatic carbocycles. The average molecular weight is 225 g/mol. The molecular formula is C11H15NO4. The number of aliphatic carboxylic acids is 1. The van der Waals surface area contributed by atoms with E-state index >= 15 is 0 Å². The predicted octanol–water partition coefficient (Wildman–Crippen LogP) is 0.801. The molecular weight excluding hydrogens is 210 g/mol. The molecule has 1 rings (SSSR count). The molecule has 16 heavy (non-hydrogen) atoms. The van der Waals surface area contributed by atoms with Crippen molar-refractivity contribution in [1.29, 1.82) is 0 Å². The molecule has 1 unspecified atom stereocenters. The summed E-state index contributed by atoms with van der Waals surface area (Å²) in [5.41, 5.74) is -2.30. The summed E-state index contributed by atoms with van der Waals surface area (Å²) in [5.74, 6) is -2.35. The molecule has 0 saturated carbocycles. The number of amides is 2. The summed E-state index contributed by atoms with van der Waals surface area (Å²) in [4.78, 5) is 35.2. The number of carboxylic acids is 1. The first-order chi connectivity index (χ1) is 7.12. The number of carbonyl (C=O) groups excluding carboxylic acids is 2. The third-order valence-corrected chi connectivity index (χ3v) is 3.13. The highest BCUT2D eigenvalue weighted by Gasteiger charge is 2.54. The monoisotopic (exact) mass is 225 g/mol. The molecule has 0 radical (unpaired) electrons. The van der Waals surface area contributed by atoms with Gasteiger partial charge in [-0.05, 0) is 12.3 Å². The second-order valence-corrected chi connectivity index (χ2v) is 4.97. The molecule has 0 spiro atoms. The summed E-state index contributed by atoms with van der Waals surface area (Å²) in [6.45, 7) is 6.43. The van der Waals surface area contributed by atoms with Gasteiger partial charge in [-0.3, -0.25) is 14.5 Å². The molecule has 88 valence electrons. The Kier molecular flexibility index (Phi) is 2.67. The van der Waals surface area contributed by atoms with Crippen LogP contribution in [-0.4, -0.2) is 33.3 Å². The maximum Gasteiger partial charge on any atom is 0.330 e. The van der Waals surface area contributed by atoms with Gasteiger partial charge in [-0.2, -0.15) is 0 Å². The third kappa shape index (κ3) is 1.52. The van der Waals surface area contributed by atoms with Crippen molar-refractivity contribution in [1.82, 2.24) is 4.90 Å². The van der Waals surface area contributed by atoms with Crippen LogP contribution in [0.25, 0.3) is 0 Å². The van der Waals surface area contributed by atoms with Crippen molar-refractivity contribution < 1.29 is 19.5 Å². The van der Waals surface area contributed by atoms with E-state index in [-0.39, 0.29) is 0 Å². The lowest BCUT2D eigenvalue weighted by Gasteiger charge is -2.43. The zero-order valence-corrected chi connectivity index (χ0v) is 9.77. The van der Waals surface area contributed by atoms with Crippen molar-refractivity contribution in [3.8, 4) is 0 Å². The normalized spacial score (nSPS) is 20.1. The lowest BCUT2D eigenvalue weighted by Crippen LogP contribution is -2.62. The van der Waals surface area contributed by atoms with E-state index in [1.165, 1.54) is 6.92 Å². The minimum Gasteiger partial charge on any atom is -0.479 e. The average Bonchev–Trinajstić information content (AvgIpc) is 2.43. The highest BCUT2D eigenvalue weighted by molar-refractivity contribution is 6.15. The van der Waals surface area contributed by atoms with Gasteiger partial charge in [0, 0.05) is 12.2 Å². The van der Waals surface area contributed by atoms with Gasteiger partial charge in [0.25, 0.3) is 11.8 Å². The van der Waals surface area contributed by atoms with E-state index in [4.69, 9.17) is 0 Å². The van der Waals surface area contributed by atoms with Crippen LogP contribution in [0.3, 0.4) is 0 Å². The van der Waals surface area contributed by atoms with Gasteiger partial charge >= 0.3 is 5.97 Å². The summed E-state index contributed by atoms with van der Waals surface area (Å²) in [5, 5.41) is 9.29. The predicted molar refractivity (Wildman–Crippen MR) is 56.5 cm³/mol. The van der Waals surface area contributed by atoms with E-state index in [0.29, 0.717) is 0 Å². The first kappa shape index (κ1) is 12.4. The number of hydrogen-bond donors (Lipinski definition) is 1. The molecule has 2 amide bonds. The van der Waals surface area contributed by atoms with Gasteiger partial charge in [0.15, 0.2) is 5.54 Å². The highest BCUT2D eigenvalue weighted by Crippen LogP contribution is 2.37. The largest absolute Gasteiger partial charge is 0.479 e. The second kappa shape index (κ2) is 3.43. The third-order valence-electron chi connectivity index (χ3n) is 3.13. The maximum absolute atomic E-state index is 11.5. The Balaban J connectivity index is 3.30. The fraction of sp³-hybridized carbons (Fsp3) is 0.545. The van der Waals surface area contributed by atoms with E-state index in [1.54, 1.807) is 20.8 Å². The Morgan fingerprint density at radius 2 is 1.50 bits per heavy atom. The Morgan fingerprint density at radius 1 is 1.12 bits per heavy atom. The van der Waals surface area contributed by atoms with E-state index in [2.05, 4.69) is 0 Å². The number of imide groups is 1. The molecule has 0 fully saturated rings. The highest BCUT2D eigenvalue weighted by atomic mass is 16.4. The Morgan fingerprint density at radius 3 is 1.75 bits per heavy atom. The zero-order chi connectivity index (χ0) is 12.7. The van der Waals surface area contributed by atoms with Gasteiger partial charge in [-0.1, -0.05) is 20.8 Å². The van der Waals surface area contributed by atoms with Gasteiger partial charge in [0.1, 0.15) is 0 Å². The van der Waals surface area contributed by atoms with Crippen LogP contribution in [0.1, 0.15) is 27.7 Å². The fourth-order valence-electron chi connectivity index (χ4n) is 1.59. The Bertz CT molecular complexity index is 373. The number of carbonyl (C=O) groups is 3. The van der Waals surface area contributed by atoms with E-state index in [0.717, 1.165) is 17.1 Å². The minimum atomic E-state index is -1.55. The molecule has 1 aliphatic rings. The Hall–Kier alpha value is -1.65. The van der Waals surface area contributed by atoms with Crippen LogP contribution in [0.5, 0.6) is 0 Å². The summed E-state index contributed by atoms with van der Waals surface area (Å²) in [7, 11) is 0. The summed E-state index contributed by atoms with van der Waals surface area (Å²) >= 11 is 0. The molecule has 1 heterocycles. The maximum atomic E-state index is 11.5. The molecule has 1 N–H and O–H groups in total. The van der Waals surface area contributed by atoms with E-state index in [9.17, 15) is 19.5 Å². The van der Waals surface area contributed by atoms with Crippen LogP contribution in [0.4, 0.5) is 0 Å². The van der Waals surface area contributed by atoms with Gasteiger partial charge in [0.05, 0.1) is 0 Å². The molecule has 0 saturated heterocycles. The Labute approximate surface area is 93.7 Å². The van der Waals surface area contributed by atoms with Crippen molar-refractivity contribution >= 4 is 17.8 Å². The first-order valence-corrected chi connectivity index (χ1v) is 4.92. The van der Waals surface area contributed by atoms with E-state index < -0.39 is 28.7 Å². The summed E-state index contributed by atoms with van der Waals surface area (Å²) in [6, 6.07) is 0. The molecule has 5 heteroatoms. The van der Waals surface area contributed by atoms with E-state index in [1.807, 2.05) is 0 Å². The smallest absolute Gasteiger partial charge is 0.330 e.